The molecule has 0 atom stereocenters. The number of rotatable bonds is 10. The minimum Gasteiger partial charge on any atom is -0.309 e. The van der Waals surface area contributed by atoms with Crippen molar-refractivity contribution in [1.29, 1.82) is 0 Å². The smallest absolute Gasteiger partial charge is 0.309 e. The van der Waals surface area contributed by atoms with Crippen molar-refractivity contribution >= 4 is 10.0 Å². The minimum atomic E-state index is -4.50. The summed E-state index contributed by atoms with van der Waals surface area (Å²) in [7, 11) is 0.240. The van der Waals surface area contributed by atoms with Crippen LogP contribution in [-0.2, 0) is 29.2 Å². The summed E-state index contributed by atoms with van der Waals surface area (Å²) < 4.78 is 64.8. The van der Waals surface area contributed by atoms with Crippen LogP contribution in [0.15, 0.2) is 53.4 Å². The molecule has 0 heterocycles. The van der Waals surface area contributed by atoms with E-state index in [4.69, 9.17) is 0 Å². The van der Waals surface area contributed by atoms with Gasteiger partial charge in [-0.25, -0.2) is 13.1 Å². The van der Waals surface area contributed by atoms with Crippen LogP contribution in [0, 0.1) is 0 Å². The Kier molecular flexibility index (Phi) is 8.24. The predicted octanol–water partition coefficient (Wildman–Crippen LogP) is 4.46. The van der Waals surface area contributed by atoms with Crippen molar-refractivity contribution in [2.24, 2.45) is 0 Å². The normalized spacial score (nSPS) is 12.5. The van der Waals surface area contributed by atoms with Crippen molar-refractivity contribution in [2.45, 2.75) is 43.3 Å². The molecule has 0 aliphatic heterocycles. The Labute approximate surface area is 170 Å². The van der Waals surface area contributed by atoms with Crippen LogP contribution in [0.4, 0.5) is 13.2 Å². The Bertz CT molecular complexity index is 862. The zero-order valence-corrected chi connectivity index (χ0v) is 17.5. The summed E-state index contributed by atoms with van der Waals surface area (Å²) in [5, 5.41) is 0. The van der Waals surface area contributed by atoms with Gasteiger partial charge in [0, 0.05) is 6.54 Å². The van der Waals surface area contributed by atoms with E-state index in [1.54, 1.807) is 0 Å². The largest absolute Gasteiger partial charge is 0.416 e. The van der Waals surface area contributed by atoms with E-state index in [0.717, 1.165) is 62.1 Å². The fourth-order valence-electron chi connectivity index (χ4n) is 2.84. The maximum atomic E-state index is 12.6. The third kappa shape index (κ3) is 7.79. The van der Waals surface area contributed by atoms with Crippen LogP contribution in [-0.4, -0.2) is 34.0 Å². The molecule has 0 aliphatic rings. The molecule has 0 saturated heterocycles. The van der Waals surface area contributed by atoms with Crippen molar-refractivity contribution in [3.05, 3.63) is 65.2 Å². The van der Waals surface area contributed by atoms with Gasteiger partial charge in [0.1, 0.15) is 0 Å². The first-order chi connectivity index (χ1) is 13.6. The number of nitrogens with one attached hydrogen (secondary N) is 1. The number of aryl methyl sites for hydroxylation is 1. The maximum absolute atomic E-state index is 12.6. The Morgan fingerprint density at radius 1 is 0.862 bits per heavy atom. The summed E-state index contributed by atoms with van der Waals surface area (Å²) >= 11 is 0. The SMILES string of the molecule is CN(C)CCCCCc1ccc(CNS(=O)(=O)c2ccc(C(F)(F)F)cc2)cc1. The number of alkyl halides is 3. The van der Waals surface area contributed by atoms with Gasteiger partial charge in [0.2, 0.25) is 10.0 Å². The van der Waals surface area contributed by atoms with Crippen LogP contribution in [0.5, 0.6) is 0 Å². The van der Waals surface area contributed by atoms with E-state index in [0.29, 0.717) is 0 Å². The second-order valence-corrected chi connectivity index (χ2v) is 9.04. The zero-order chi connectivity index (χ0) is 21.5. The summed E-state index contributed by atoms with van der Waals surface area (Å²) in [6.07, 6.45) is -0.0911. The molecule has 0 unspecified atom stereocenters. The lowest BCUT2D eigenvalue weighted by Crippen LogP contribution is -2.23. The molecule has 4 nitrogen and oxygen atoms in total. The van der Waals surface area contributed by atoms with Gasteiger partial charge in [-0.05, 0) is 75.3 Å². The number of sulfonamides is 1. The molecule has 0 aliphatic carbocycles. The van der Waals surface area contributed by atoms with Gasteiger partial charge in [-0.3, -0.25) is 0 Å². The first-order valence-corrected chi connectivity index (χ1v) is 11.0. The summed E-state index contributed by atoms with van der Waals surface area (Å²) in [5.74, 6) is 0. The average Bonchev–Trinajstić information content (AvgIpc) is 2.66. The molecule has 0 radical (unpaired) electrons. The van der Waals surface area contributed by atoms with E-state index in [-0.39, 0.29) is 11.4 Å². The molecular formula is C21H27F3N2O2S. The van der Waals surface area contributed by atoms with Gasteiger partial charge < -0.3 is 4.90 Å². The van der Waals surface area contributed by atoms with Gasteiger partial charge in [0.05, 0.1) is 10.5 Å². The van der Waals surface area contributed by atoms with E-state index < -0.39 is 21.8 Å². The first-order valence-electron chi connectivity index (χ1n) is 9.47. The monoisotopic (exact) mass is 428 g/mol. The highest BCUT2D eigenvalue weighted by molar-refractivity contribution is 7.89. The predicted molar refractivity (Wildman–Crippen MR) is 108 cm³/mol. The molecule has 0 spiro atoms. The third-order valence-electron chi connectivity index (χ3n) is 4.55. The highest BCUT2D eigenvalue weighted by atomic mass is 32.2. The topological polar surface area (TPSA) is 49.4 Å². The lowest BCUT2D eigenvalue weighted by molar-refractivity contribution is -0.137. The van der Waals surface area contributed by atoms with Crippen LogP contribution in [0.25, 0.3) is 0 Å². The van der Waals surface area contributed by atoms with Gasteiger partial charge in [0.25, 0.3) is 0 Å². The number of benzene rings is 2. The fourth-order valence-corrected chi connectivity index (χ4v) is 3.86. The minimum absolute atomic E-state index is 0.0759. The molecule has 2 aromatic carbocycles. The van der Waals surface area contributed by atoms with Crippen molar-refractivity contribution < 1.29 is 21.6 Å². The Morgan fingerprint density at radius 3 is 2.00 bits per heavy atom. The number of nitrogens with zero attached hydrogens (tertiary/aromatic N) is 1. The van der Waals surface area contributed by atoms with E-state index in [2.05, 4.69) is 23.7 Å². The Balaban J connectivity index is 1.85. The van der Waals surface area contributed by atoms with Crippen LogP contribution < -0.4 is 4.72 Å². The first kappa shape index (κ1) is 23.4. The third-order valence-corrected chi connectivity index (χ3v) is 5.97. The molecule has 0 amide bonds. The van der Waals surface area contributed by atoms with E-state index in [9.17, 15) is 21.6 Å². The molecule has 0 saturated carbocycles. The van der Waals surface area contributed by atoms with Gasteiger partial charge in [-0.1, -0.05) is 30.7 Å². The molecular weight excluding hydrogens is 401 g/mol. The van der Waals surface area contributed by atoms with Crippen molar-refractivity contribution in [1.82, 2.24) is 9.62 Å². The van der Waals surface area contributed by atoms with Crippen molar-refractivity contribution in [3.63, 3.8) is 0 Å². The molecule has 1 N–H and O–H groups in total. The quantitative estimate of drug-likeness (QED) is 0.569. The fraction of sp³-hybridized carbons (Fsp3) is 0.429. The van der Waals surface area contributed by atoms with Gasteiger partial charge >= 0.3 is 6.18 Å². The summed E-state index contributed by atoms with van der Waals surface area (Å²) in [4.78, 5) is 1.97. The highest BCUT2D eigenvalue weighted by Crippen LogP contribution is 2.29. The Hall–Kier alpha value is -1.90. The lowest BCUT2D eigenvalue weighted by Gasteiger charge is -2.10. The molecule has 2 rings (SSSR count). The lowest BCUT2D eigenvalue weighted by atomic mass is 10.1. The standard InChI is InChI=1S/C21H27F3N2O2S/c1-26(2)15-5-3-4-6-17-7-9-18(10-8-17)16-25-29(27,28)20-13-11-19(12-14-20)21(22,23)24/h7-14,25H,3-6,15-16H2,1-2H3. The molecule has 160 valence electrons. The van der Waals surface area contributed by atoms with E-state index in [1.807, 2.05) is 24.3 Å². The van der Waals surface area contributed by atoms with Crippen LogP contribution in [0.3, 0.4) is 0 Å². The molecule has 0 aromatic heterocycles. The number of halogens is 3. The van der Waals surface area contributed by atoms with Crippen LogP contribution in [0.1, 0.15) is 36.0 Å². The highest BCUT2D eigenvalue weighted by Gasteiger charge is 2.30. The van der Waals surface area contributed by atoms with Gasteiger partial charge in [-0.15, -0.1) is 0 Å². The average molecular weight is 429 g/mol. The van der Waals surface area contributed by atoms with Crippen molar-refractivity contribution in [2.75, 3.05) is 20.6 Å². The molecule has 2 aromatic rings. The summed E-state index contributed by atoms with van der Waals surface area (Å²) in [6, 6.07) is 11.1. The van der Waals surface area contributed by atoms with Gasteiger partial charge in [0.15, 0.2) is 0 Å². The number of hydrogen-bond acceptors (Lipinski definition) is 3. The second-order valence-electron chi connectivity index (χ2n) is 7.28. The van der Waals surface area contributed by atoms with E-state index >= 15 is 0 Å². The second kappa shape index (κ2) is 10.2. The molecule has 0 bridgehead atoms. The zero-order valence-electron chi connectivity index (χ0n) is 16.7. The molecule has 29 heavy (non-hydrogen) atoms. The maximum Gasteiger partial charge on any atom is 0.416 e. The number of unbranched alkanes of at least 4 members (excludes halogenated alkanes) is 2. The van der Waals surface area contributed by atoms with Crippen LogP contribution in [0.2, 0.25) is 0 Å². The Morgan fingerprint density at radius 2 is 1.45 bits per heavy atom. The summed E-state index contributed by atoms with van der Waals surface area (Å²) in [6.45, 7) is 1.16. The van der Waals surface area contributed by atoms with E-state index in [1.165, 1.54) is 5.56 Å². The van der Waals surface area contributed by atoms with Crippen LogP contribution >= 0.6 is 0 Å². The van der Waals surface area contributed by atoms with Crippen molar-refractivity contribution in [3.8, 4) is 0 Å². The number of hydrogen-bond donors (Lipinski definition) is 1. The molecule has 0 fully saturated rings. The molecule has 8 heteroatoms. The summed E-state index contributed by atoms with van der Waals surface area (Å²) in [5.41, 5.74) is 1.11. The van der Waals surface area contributed by atoms with Gasteiger partial charge in [-0.2, -0.15) is 13.2 Å².